The van der Waals surface area contributed by atoms with Gasteiger partial charge in [0.05, 0.1) is 23.4 Å². The molecule has 2 amide bonds. The van der Waals surface area contributed by atoms with Gasteiger partial charge in [0.15, 0.2) is 0 Å². The topological polar surface area (TPSA) is 117 Å². The zero-order valence-electron chi connectivity index (χ0n) is 16.4. The third-order valence-electron chi connectivity index (χ3n) is 4.28. The molecule has 0 saturated heterocycles. The molecule has 152 valence electrons. The second kappa shape index (κ2) is 9.38. The summed E-state index contributed by atoms with van der Waals surface area (Å²) >= 11 is 0. The summed E-state index contributed by atoms with van der Waals surface area (Å²) in [5.41, 5.74) is 7.55. The fourth-order valence-corrected chi connectivity index (χ4v) is 2.88. The van der Waals surface area contributed by atoms with Crippen LogP contribution in [0, 0.1) is 5.41 Å². The molecule has 5 N–H and O–H groups in total. The van der Waals surface area contributed by atoms with E-state index < -0.39 is 5.91 Å². The fourth-order valence-electron chi connectivity index (χ4n) is 2.88. The van der Waals surface area contributed by atoms with Gasteiger partial charge in [-0.2, -0.15) is 0 Å². The average Bonchev–Trinajstić information content (AvgIpc) is 2.75. The molecule has 0 aliphatic rings. The van der Waals surface area contributed by atoms with Gasteiger partial charge in [0.25, 0.3) is 11.8 Å². The first-order valence-electron chi connectivity index (χ1n) is 9.37. The van der Waals surface area contributed by atoms with Gasteiger partial charge in [-0.05, 0) is 43.3 Å². The van der Waals surface area contributed by atoms with Crippen molar-refractivity contribution in [1.82, 2.24) is 0 Å². The number of amidine groups is 1. The van der Waals surface area contributed by atoms with Crippen molar-refractivity contribution >= 4 is 29.0 Å². The van der Waals surface area contributed by atoms with Crippen molar-refractivity contribution in [3.05, 3.63) is 89.5 Å². The van der Waals surface area contributed by atoms with E-state index in [2.05, 4.69) is 10.6 Å². The van der Waals surface area contributed by atoms with Crippen LogP contribution in [-0.4, -0.2) is 24.3 Å². The van der Waals surface area contributed by atoms with Crippen LogP contribution in [0.5, 0.6) is 5.75 Å². The number of carbonyl (C=O) groups is 2. The van der Waals surface area contributed by atoms with E-state index in [0.29, 0.717) is 40.4 Å². The molecular formula is C23H22N4O3. The molecule has 3 rings (SSSR count). The lowest BCUT2D eigenvalue weighted by atomic mass is 10.1. The summed E-state index contributed by atoms with van der Waals surface area (Å²) in [7, 11) is 0. The molecule has 0 fully saturated rings. The fraction of sp³-hybridized carbons (Fsp3) is 0.0870. The molecular weight excluding hydrogens is 380 g/mol. The smallest absolute Gasteiger partial charge is 0.259 e. The largest absolute Gasteiger partial charge is 0.493 e. The molecule has 30 heavy (non-hydrogen) atoms. The van der Waals surface area contributed by atoms with E-state index in [0.717, 1.165) is 0 Å². The van der Waals surface area contributed by atoms with E-state index in [-0.39, 0.29) is 11.7 Å². The van der Waals surface area contributed by atoms with Crippen LogP contribution in [0.3, 0.4) is 0 Å². The molecule has 0 bridgehead atoms. The minimum atomic E-state index is -0.398. The summed E-state index contributed by atoms with van der Waals surface area (Å²) in [6.07, 6.45) is 0. The summed E-state index contributed by atoms with van der Waals surface area (Å²) in [4.78, 5) is 25.6. The monoisotopic (exact) mass is 402 g/mol. The number of nitrogens with two attached hydrogens (primary N) is 1. The molecule has 0 heterocycles. The Kier molecular flexibility index (Phi) is 6.44. The summed E-state index contributed by atoms with van der Waals surface area (Å²) < 4.78 is 5.52. The summed E-state index contributed by atoms with van der Waals surface area (Å²) in [6.45, 7) is 2.28. The standard InChI is InChI=1S/C23H22N4O3/c1-2-30-20-13-6-4-11-18(20)23(29)27-19-12-5-3-10-17(19)22(28)26-16-9-7-8-15(14-16)21(24)25/h3-14H,2H2,1H3,(H3,24,25)(H,26,28)(H,27,29). The van der Waals surface area contributed by atoms with Crippen molar-refractivity contribution in [2.45, 2.75) is 6.92 Å². The number of hydrogen-bond donors (Lipinski definition) is 4. The van der Waals surface area contributed by atoms with Gasteiger partial charge in [-0.1, -0.05) is 36.4 Å². The quantitative estimate of drug-likeness (QED) is 0.354. The highest BCUT2D eigenvalue weighted by Gasteiger charge is 2.17. The van der Waals surface area contributed by atoms with Crippen molar-refractivity contribution in [3.8, 4) is 5.75 Å². The molecule has 7 heteroatoms. The van der Waals surface area contributed by atoms with E-state index in [9.17, 15) is 9.59 Å². The van der Waals surface area contributed by atoms with E-state index >= 15 is 0 Å². The zero-order chi connectivity index (χ0) is 21.5. The lowest BCUT2D eigenvalue weighted by molar-refractivity contribution is 0.102. The Morgan fingerprint density at radius 2 is 1.57 bits per heavy atom. The van der Waals surface area contributed by atoms with Gasteiger partial charge in [-0.3, -0.25) is 15.0 Å². The number of carbonyl (C=O) groups excluding carboxylic acids is 2. The average molecular weight is 402 g/mol. The van der Waals surface area contributed by atoms with Gasteiger partial charge in [-0.15, -0.1) is 0 Å². The molecule has 0 spiro atoms. The third kappa shape index (κ3) is 4.82. The highest BCUT2D eigenvalue weighted by Crippen LogP contribution is 2.22. The summed E-state index contributed by atoms with van der Waals surface area (Å²) in [5, 5.41) is 13.1. The van der Waals surface area contributed by atoms with Crippen LogP contribution in [-0.2, 0) is 0 Å². The summed E-state index contributed by atoms with van der Waals surface area (Å²) in [6, 6.07) is 20.3. The SMILES string of the molecule is CCOc1ccccc1C(=O)Nc1ccccc1C(=O)Nc1cccc(C(=N)N)c1. The van der Waals surface area contributed by atoms with Crippen LogP contribution in [0.15, 0.2) is 72.8 Å². The molecule has 3 aromatic rings. The molecule has 0 aliphatic carbocycles. The Morgan fingerprint density at radius 3 is 2.30 bits per heavy atom. The number of rotatable bonds is 7. The van der Waals surface area contributed by atoms with Gasteiger partial charge in [0.2, 0.25) is 0 Å². The van der Waals surface area contributed by atoms with Crippen molar-refractivity contribution in [1.29, 1.82) is 5.41 Å². The van der Waals surface area contributed by atoms with Crippen molar-refractivity contribution in [2.75, 3.05) is 17.2 Å². The predicted octanol–water partition coefficient (Wildman–Crippen LogP) is 3.87. The molecule has 0 radical (unpaired) electrons. The number of hydrogen-bond acceptors (Lipinski definition) is 4. The third-order valence-corrected chi connectivity index (χ3v) is 4.28. The molecule has 0 aliphatic heterocycles. The second-order valence-electron chi connectivity index (χ2n) is 6.38. The van der Waals surface area contributed by atoms with Crippen molar-refractivity contribution < 1.29 is 14.3 Å². The van der Waals surface area contributed by atoms with Crippen molar-refractivity contribution in [2.24, 2.45) is 5.73 Å². The van der Waals surface area contributed by atoms with Crippen LogP contribution >= 0.6 is 0 Å². The lowest BCUT2D eigenvalue weighted by Gasteiger charge is -2.13. The molecule has 0 unspecified atom stereocenters. The minimum Gasteiger partial charge on any atom is -0.493 e. The van der Waals surface area contributed by atoms with E-state index in [1.165, 1.54) is 0 Å². The minimum absolute atomic E-state index is 0.0910. The van der Waals surface area contributed by atoms with Crippen LogP contribution < -0.4 is 21.1 Å². The highest BCUT2D eigenvalue weighted by molar-refractivity contribution is 6.13. The first-order valence-corrected chi connectivity index (χ1v) is 9.37. The Morgan fingerprint density at radius 1 is 0.900 bits per heavy atom. The molecule has 3 aromatic carbocycles. The van der Waals surface area contributed by atoms with Gasteiger partial charge in [-0.25, -0.2) is 0 Å². The van der Waals surface area contributed by atoms with Gasteiger partial charge < -0.3 is 21.1 Å². The maximum atomic E-state index is 12.8. The number of ether oxygens (including phenoxy) is 1. The second-order valence-corrected chi connectivity index (χ2v) is 6.38. The van der Waals surface area contributed by atoms with Gasteiger partial charge >= 0.3 is 0 Å². The summed E-state index contributed by atoms with van der Waals surface area (Å²) in [5.74, 6) is -0.394. The highest BCUT2D eigenvalue weighted by atomic mass is 16.5. The number of benzene rings is 3. The molecule has 0 atom stereocenters. The Bertz CT molecular complexity index is 1100. The van der Waals surface area contributed by atoms with Gasteiger partial charge in [0, 0.05) is 11.3 Å². The lowest BCUT2D eigenvalue weighted by Crippen LogP contribution is -2.19. The van der Waals surface area contributed by atoms with E-state index in [1.807, 2.05) is 6.92 Å². The number of nitrogens with one attached hydrogen (secondary N) is 3. The van der Waals surface area contributed by atoms with Crippen LogP contribution in [0.4, 0.5) is 11.4 Å². The Hall–Kier alpha value is -4.13. The van der Waals surface area contributed by atoms with Gasteiger partial charge in [0.1, 0.15) is 11.6 Å². The molecule has 7 nitrogen and oxygen atoms in total. The number of amides is 2. The van der Waals surface area contributed by atoms with E-state index in [1.54, 1.807) is 72.8 Å². The van der Waals surface area contributed by atoms with E-state index in [4.69, 9.17) is 15.9 Å². The first kappa shape index (κ1) is 20.6. The first-order chi connectivity index (χ1) is 14.5. The molecule has 0 aromatic heterocycles. The Labute approximate surface area is 174 Å². The van der Waals surface area contributed by atoms with Crippen LogP contribution in [0.2, 0.25) is 0 Å². The van der Waals surface area contributed by atoms with Crippen molar-refractivity contribution in [3.63, 3.8) is 0 Å². The normalized spacial score (nSPS) is 10.2. The Balaban J connectivity index is 1.82. The van der Waals surface area contributed by atoms with Crippen LogP contribution in [0.1, 0.15) is 33.2 Å². The zero-order valence-corrected chi connectivity index (χ0v) is 16.4. The number of para-hydroxylation sites is 2. The maximum absolute atomic E-state index is 12.8. The van der Waals surface area contributed by atoms with Crippen LogP contribution in [0.25, 0.3) is 0 Å². The number of anilines is 2. The number of nitrogen functional groups attached to an aromatic ring is 1. The molecule has 0 saturated carbocycles. The maximum Gasteiger partial charge on any atom is 0.259 e. The predicted molar refractivity (Wildman–Crippen MR) is 117 cm³/mol.